The first kappa shape index (κ1) is 14.7. The Balaban J connectivity index is 2.02. The Hall–Kier alpha value is -2.66. The fourth-order valence-electron chi connectivity index (χ4n) is 1.55. The molecular formula is C15H10ClNO4. The molecule has 0 amide bonds. The number of nitro groups is 1. The Bertz CT molecular complexity index is 695. The SMILES string of the molecule is O=C(/C=C/c1ccccc1Cl)Oc1ccc([N+](=O)[O-])cc1. The Morgan fingerprint density at radius 3 is 2.43 bits per heavy atom. The van der Waals surface area contributed by atoms with Crippen molar-refractivity contribution in [2.75, 3.05) is 0 Å². The predicted molar refractivity (Wildman–Crippen MR) is 79.2 cm³/mol. The van der Waals surface area contributed by atoms with Crippen LogP contribution in [0.1, 0.15) is 5.56 Å². The monoisotopic (exact) mass is 303 g/mol. The fourth-order valence-corrected chi connectivity index (χ4v) is 1.75. The maximum Gasteiger partial charge on any atom is 0.336 e. The number of ether oxygens (including phenoxy) is 1. The molecule has 0 bridgehead atoms. The number of benzene rings is 2. The third-order valence-corrected chi connectivity index (χ3v) is 2.91. The number of hydrogen-bond acceptors (Lipinski definition) is 4. The average Bonchev–Trinajstić information content (AvgIpc) is 2.47. The zero-order valence-corrected chi connectivity index (χ0v) is 11.5. The molecule has 0 aliphatic rings. The quantitative estimate of drug-likeness (QED) is 0.283. The molecule has 106 valence electrons. The van der Waals surface area contributed by atoms with Gasteiger partial charge in [0.15, 0.2) is 0 Å². The van der Waals surface area contributed by atoms with Crippen LogP contribution in [0.4, 0.5) is 5.69 Å². The van der Waals surface area contributed by atoms with E-state index in [1.165, 1.54) is 36.4 Å². The summed E-state index contributed by atoms with van der Waals surface area (Å²) < 4.78 is 5.02. The summed E-state index contributed by atoms with van der Waals surface area (Å²) in [7, 11) is 0. The maximum atomic E-state index is 11.6. The lowest BCUT2D eigenvalue weighted by molar-refractivity contribution is -0.384. The molecule has 0 aliphatic heterocycles. The number of carbonyl (C=O) groups excluding carboxylic acids is 1. The van der Waals surface area contributed by atoms with Crippen LogP contribution in [0.2, 0.25) is 5.02 Å². The summed E-state index contributed by atoms with van der Waals surface area (Å²) in [4.78, 5) is 21.6. The number of esters is 1. The first-order valence-electron chi connectivity index (χ1n) is 5.95. The highest BCUT2D eigenvalue weighted by Gasteiger charge is 2.06. The van der Waals surface area contributed by atoms with Crippen LogP contribution in [0, 0.1) is 10.1 Å². The van der Waals surface area contributed by atoms with Crippen molar-refractivity contribution in [3.63, 3.8) is 0 Å². The molecule has 0 N–H and O–H groups in total. The molecule has 0 saturated heterocycles. The number of rotatable bonds is 4. The lowest BCUT2D eigenvalue weighted by Gasteiger charge is -2.01. The van der Waals surface area contributed by atoms with Crippen LogP contribution in [0.15, 0.2) is 54.6 Å². The van der Waals surface area contributed by atoms with E-state index >= 15 is 0 Å². The van der Waals surface area contributed by atoms with E-state index in [0.29, 0.717) is 10.6 Å². The first-order chi connectivity index (χ1) is 10.1. The van der Waals surface area contributed by atoms with Gasteiger partial charge in [0.25, 0.3) is 5.69 Å². The predicted octanol–water partition coefficient (Wildman–Crippen LogP) is 3.87. The van der Waals surface area contributed by atoms with Gasteiger partial charge in [-0.05, 0) is 29.8 Å². The van der Waals surface area contributed by atoms with Gasteiger partial charge in [-0.1, -0.05) is 29.8 Å². The molecule has 0 radical (unpaired) electrons. The van der Waals surface area contributed by atoms with Crippen molar-refractivity contribution in [2.24, 2.45) is 0 Å². The van der Waals surface area contributed by atoms with Crippen LogP contribution < -0.4 is 4.74 Å². The van der Waals surface area contributed by atoms with Crippen molar-refractivity contribution in [2.45, 2.75) is 0 Å². The maximum absolute atomic E-state index is 11.6. The summed E-state index contributed by atoms with van der Waals surface area (Å²) in [6.45, 7) is 0. The third-order valence-electron chi connectivity index (χ3n) is 2.57. The second kappa shape index (κ2) is 6.67. The molecule has 0 atom stereocenters. The molecule has 21 heavy (non-hydrogen) atoms. The summed E-state index contributed by atoms with van der Waals surface area (Å²) in [5, 5.41) is 11.0. The molecule has 2 aromatic carbocycles. The van der Waals surface area contributed by atoms with Crippen molar-refractivity contribution in [3.8, 4) is 5.75 Å². The van der Waals surface area contributed by atoms with E-state index in [-0.39, 0.29) is 11.4 Å². The van der Waals surface area contributed by atoms with Gasteiger partial charge < -0.3 is 4.74 Å². The number of hydrogen-bond donors (Lipinski definition) is 0. The van der Waals surface area contributed by atoms with Crippen LogP contribution in [-0.2, 0) is 4.79 Å². The zero-order chi connectivity index (χ0) is 15.2. The zero-order valence-electron chi connectivity index (χ0n) is 10.7. The average molecular weight is 304 g/mol. The van der Waals surface area contributed by atoms with Crippen LogP contribution in [0.25, 0.3) is 6.08 Å². The summed E-state index contributed by atoms with van der Waals surface area (Å²) in [5.41, 5.74) is 0.626. The van der Waals surface area contributed by atoms with Gasteiger partial charge in [0, 0.05) is 23.2 Å². The summed E-state index contributed by atoms with van der Waals surface area (Å²) >= 11 is 5.95. The van der Waals surface area contributed by atoms with Crippen LogP contribution in [0.3, 0.4) is 0 Å². The van der Waals surface area contributed by atoms with Gasteiger partial charge in [-0.25, -0.2) is 4.79 Å². The van der Waals surface area contributed by atoms with E-state index < -0.39 is 10.9 Å². The van der Waals surface area contributed by atoms with Crippen molar-refractivity contribution in [1.82, 2.24) is 0 Å². The summed E-state index contributed by atoms with van der Waals surface area (Å²) in [5.74, 6) is -0.363. The second-order valence-electron chi connectivity index (χ2n) is 4.03. The minimum atomic E-state index is -0.594. The Labute approximate surface area is 125 Å². The third kappa shape index (κ3) is 4.15. The van der Waals surface area contributed by atoms with E-state index in [2.05, 4.69) is 0 Å². The molecule has 0 saturated carbocycles. The normalized spacial score (nSPS) is 10.5. The second-order valence-corrected chi connectivity index (χ2v) is 4.43. The lowest BCUT2D eigenvalue weighted by Crippen LogP contribution is -2.03. The first-order valence-corrected chi connectivity index (χ1v) is 6.33. The number of nitrogens with zero attached hydrogens (tertiary/aromatic N) is 1. The number of carbonyl (C=O) groups is 1. The Kier molecular flexibility index (Phi) is 4.68. The van der Waals surface area contributed by atoms with Gasteiger partial charge in [0.05, 0.1) is 4.92 Å². The molecule has 6 heteroatoms. The van der Waals surface area contributed by atoms with Gasteiger partial charge in [0.1, 0.15) is 5.75 Å². The fraction of sp³-hybridized carbons (Fsp3) is 0. The highest BCUT2D eigenvalue weighted by atomic mass is 35.5. The van der Waals surface area contributed by atoms with Gasteiger partial charge >= 0.3 is 5.97 Å². The molecule has 0 fully saturated rings. The molecule has 0 heterocycles. The van der Waals surface area contributed by atoms with E-state index in [1.807, 2.05) is 0 Å². The molecule has 2 rings (SSSR count). The molecule has 2 aromatic rings. The number of nitro benzene ring substituents is 1. The minimum Gasteiger partial charge on any atom is -0.423 e. The molecule has 0 aliphatic carbocycles. The smallest absolute Gasteiger partial charge is 0.336 e. The van der Waals surface area contributed by atoms with Crippen LogP contribution in [0.5, 0.6) is 5.75 Å². The van der Waals surface area contributed by atoms with Gasteiger partial charge in [-0.3, -0.25) is 10.1 Å². The summed E-state index contributed by atoms with van der Waals surface area (Å²) in [6, 6.07) is 12.3. The lowest BCUT2D eigenvalue weighted by atomic mass is 10.2. The standard InChI is InChI=1S/C15H10ClNO4/c16-14-4-2-1-3-11(14)5-10-15(18)21-13-8-6-12(7-9-13)17(19)20/h1-10H/b10-5+. The van der Waals surface area contributed by atoms with Gasteiger partial charge in [-0.15, -0.1) is 0 Å². The largest absolute Gasteiger partial charge is 0.423 e. The number of non-ortho nitro benzene ring substituents is 1. The highest BCUT2D eigenvalue weighted by molar-refractivity contribution is 6.32. The van der Waals surface area contributed by atoms with E-state index in [1.54, 1.807) is 24.3 Å². The molecule has 5 nitrogen and oxygen atoms in total. The molecular weight excluding hydrogens is 294 g/mol. The molecule has 0 unspecified atom stereocenters. The molecule has 0 aromatic heterocycles. The van der Waals surface area contributed by atoms with E-state index in [9.17, 15) is 14.9 Å². The Morgan fingerprint density at radius 2 is 1.81 bits per heavy atom. The van der Waals surface area contributed by atoms with Gasteiger partial charge in [0.2, 0.25) is 0 Å². The van der Waals surface area contributed by atoms with Crippen LogP contribution >= 0.6 is 11.6 Å². The minimum absolute atomic E-state index is 0.0681. The van der Waals surface area contributed by atoms with Crippen molar-refractivity contribution >= 4 is 29.3 Å². The topological polar surface area (TPSA) is 69.4 Å². The van der Waals surface area contributed by atoms with E-state index in [0.717, 1.165) is 0 Å². The summed E-state index contributed by atoms with van der Waals surface area (Å²) in [6.07, 6.45) is 2.78. The highest BCUT2D eigenvalue weighted by Crippen LogP contribution is 2.18. The van der Waals surface area contributed by atoms with Crippen LogP contribution in [-0.4, -0.2) is 10.9 Å². The van der Waals surface area contributed by atoms with Crippen molar-refractivity contribution in [1.29, 1.82) is 0 Å². The Morgan fingerprint density at radius 1 is 1.14 bits per heavy atom. The van der Waals surface area contributed by atoms with E-state index in [4.69, 9.17) is 16.3 Å². The number of halogens is 1. The van der Waals surface area contributed by atoms with Crippen molar-refractivity contribution in [3.05, 3.63) is 75.3 Å². The van der Waals surface area contributed by atoms with Gasteiger partial charge in [-0.2, -0.15) is 0 Å². The van der Waals surface area contributed by atoms with Crippen molar-refractivity contribution < 1.29 is 14.5 Å². The molecule has 0 spiro atoms.